The van der Waals surface area contributed by atoms with Gasteiger partial charge in [-0.15, -0.1) is 0 Å². The Morgan fingerprint density at radius 3 is 2.83 bits per heavy atom. The Labute approximate surface area is 102 Å². The molecule has 1 aromatic rings. The minimum Gasteiger partial charge on any atom is -0.491 e. The summed E-state index contributed by atoms with van der Waals surface area (Å²) < 4.78 is 41.2. The molecule has 0 amide bonds. The van der Waals surface area contributed by atoms with E-state index < -0.39 is 18.9 Å². The van der Waals surface area contributed by atoms with E-state index >= 15 is 0 Å². The Bertz CT molecular complexity index is 434. The molecular formula is C12H14F3NO2. The number of halogens is 3. The van der Waals surface area contributed by atoms with E-state index in [0.717, 1.165) is 24.0 Å². The summed E-state index contributed by atoms with van der Waals surface area (Å²) in [4.78, 5) is 0. The molecule has 2 rings (SSSR count). The Balaban J connectivity index is 1.99. The highest BCUT2D eigenvalue weighted by atomic mass is 19.4. The van der Waals surface area contributed by atoms with Crippen LogP contribution in [0.2, 0.25) is 0 Å². The molecule has 6 heteroatoms. The minimum absolute atomic E-state index is 0.00480. The summed E-state index contributed by atoms with van der Waals surface area (Å²) in [6, 6.07) is 5.02. The fourth-order valence-corrected chi connectivity index (χ4v) is 1.99. The molecule has 100 valence electrons. The van der Waals surface area contributed by atoms with Gasteiger partial charge in [0.1, 0.15) is 12.4 Å². The van der Waals surface area contributed by atoms with Crippen LogP contribution in [-0.4, -0.2) is 24.0 Å². The number of alkyl halides is 3. The van der Waals surface area contributed by atoms with Gasteiger partial charge in [0.25, 0.3) is 0 Å². The molecule has 0 aliphatic heterocycles. The van der Waals surface area contributed by atoms with E-state index in [1.807, 2.05) is 0 Å². The highest BCUT2D eigenvalue weighted by molar-refractivity contribution is 5.40. The van der Waals surface area contributed by atoms with E-state index in [-0.39, 0.29) is 6.04 Å². The van der Waals surface area contributed by atoms with Crippen molar-refractivity contribution >= 4 is 0 Å². The maximum atomic E-state index is 12.1. The molecule has 2 atom stereocenters. The van der Waals surface area contributed by atoms with Crippen LogP contribution in [0.25, 0.3) is 0 Å². The number of hydrogen-bond acceptors (Lipinski definition) is 3. The summed E-state index contributed by atoms with van der Waals surface area (Å²) in [5, 5.41) is 8.81. The van der Waals surface area contributed by atoms with Crippen LogP contribution in [0, 0.1) is 0 Å². The van der Waals surface area contributed by atoms with E-state index in [1.165, 1.54) is 0 Å². The fourth-order valence-electron chi connectivity index (χ4n) is 1.99. The SMILES string of the molecule is N[C@@H]1CCc2cc(OCC(O)C(F)(F)F)ccc21. The van der Waals surface area contributed by atoms with Crippen LogP contribution in [0.1, 0.15) is 23.6 Å². The van der Waals surface area contributed by atoms with Gasteiger partial charge in [-0.05, 0) is 36.1 Å². The fraction of sp³-hybridized carbons (Fsp3) is 0.500. The summed E-state index contributed by atoms with van der Waals surface area (Å²) in [5.74, 6) is 0.325. The quantitative estimate of drug-likeness (QED) is 0.874. The van der Waals surface area contributed by atoms with Crippen molar-refractivity contribution in [3.8, 4) is 5.75 Å². The number of ether oxygens (including phenoxy) is 1. The first kappa shape index (κ1) is 13.2. The zero-order chi connectivity index (χ0) is 13.3. The van der Waals surface area contributed by atoms with Crippen molar-refractivity contribution in [3.63, 3.8) is 0 Å². The molecule has 0 saturated heterocycles. The van der Waals surface area contributed by atoms with Crippen molar-refractivity contribution in [1.82, 2.24) is 0 Å². The zero-order valence-corrected chi connectivity index (χ0v) is 9.57. The van der Waals surface area contributed by atoms with Gasteiger partial charge < -0.3 is 15.6 Å². The van der Waals surface area contributed by atoms with Gasteiger partial charge in [0.2, 0.25) is 0 Å². The van der Waals surface area contributed by atoms with Crippen LogP contribution in [-0.2, 0) is 6.42 Å². The molecule has 1 aromatic carbocycles. The second-order valence-corrected chi connectivity index (χ2v) is 4.37. The van der Waals surface area contributed by atoms with Crippen molar-refractivity contribution in [3.05, 3.63) is 29.3 Å². The van der Waals surface area contributed by atoms with E-state index in [0.29, 0.717) is 5.75 Å². The average Bonchev–Trinajstić information content (AvgIpc) is 2.66. The van der Waals surface area contributed by atoms with Crippen molar-refractivity contribution in [1.29, 1.82) is 0 Å². The Morgan fingerprint density at radius 2 is 2.17 bits per heavy atom. The van der Waals surface area contributed by atoms with Crippen LogP contribution < -0.4 is 10.5 Å². The third-order valence-electron chi connectivity index (χ3n) is 3.02. The van der Waals surface area contributed by atoms with Crippen molar-refractivity contribution in [2.45, 2.75) is 31.2 Å². The molecule has 0 saturated carbocycles. The summed E-state index contributed by atoms with van der Waals surface area (Å²) >= 11 is 0. The third kappa shape index (κ3) is 2.76. The summed E-state index contributed by atoms with van der Waals surface area (Å²) in [7, 11) is 0. The number of rotatable bonds is 3. The summed E-state index contributed by atoms with van der Waals surface area (Å²) in [6.45, 7) is -0.797. The molecule has 0 fully saturated rings. The Hall–Kier alpha value is -1.27. The number of aryl methyl sites for hydroxylation is 1. The molecule has 0 spiro atoms. The molecular weight excluding hydrogens is 247 g/mol. The van der Waals surface area contributed by atoms with Crippen LogP contribution in [0.3, 0.4) is 0 Å². The number of aliphatic hydroxyl groups is 1. The highest BCUT2D eigenvalue weighted by Gasteiger charge is 2.38. The molecule has 18 heavy (non-hydrogen) atoms. The molecule has 0 bridgehead atoms. The van der Waals surface area contributed by atoms with Gasteiger partial charge in [-0.1, -0.05) is 6.07 Å². The Kier molecular flexibility index (Phi) is 3.49. The third-order valence-corrected chi connectivity index (χ3v) is 3.02. The monoisotopic (exact) mass is 261 g/mol. The van der Waals surface area contributed by atoms with Crippen LogP contribution in [0.15, 0.2) is 18.2 Å². The van der Waals surface area contributed by atoms with E-state index in [4.69, 9.17) is 15.6 Å². The number of nitrogens with two attached hydrogens (primary N) is 1. The van der Waals surface area contributed by atoms with E-state index in [9.17, 15) is 13.2 Å². The molecule has 0 heterocycles. The highest BCUT2D eigenvalue weighted by Crippen LogP contribution is 2.32. The minimum atomic E-state index is -4.65. The lowest BCUT2D eigenvalue weighted by molar-refractivity contribution is -0.210. The second-order valence-electron chi connectivity index (χ2n) is 4.37. The lowest BCUT2D eigenvalue weighted by atomic mass is 10.1. The number of benzene rings is 1. The smallest absolute Gasteiger partial charge is 0.417 e. The summed E-state index contributed by atoms with van der Waals surface area (Å²) in [5.41, 5.74) is 7.86. The topological polar surface area (TPSA) is 55.5 Å². The molecule has 3 nitrogen and oxygen atoms in total. The van der Waals surface area contributed by atoms with Gasteiger partial charge in [-0.3, -0.25) is 0 Å². The average molecular weight is 261 g/mol. The number of fused-ring (bicyclic) bond motifs is 1. The summed E-state index contributed by atoms with van der Waals surface area (Å²) in [6.07, 6.45) is -5.48. The van der Waals surface area contributed by atoms with Crippen LogP contribution in [0.4, 0.5) is 13.2 Å². The molecule has 1 aliphatic carbocycles. The maximum absolute atomic E-state index is 12.1. The predicted octanol–water partition coefficient (Wildman–Crippen LogP) is 1.93. The van der Waals surface area contributed by atoms with Gasteiger partial charge in [0.15, 0.2) is 6.10 Å². The zero-order valence-electron chi connectivity index (χ0n) is 9.57. The Morgan fingerprint density at radius 1 is 1.44 bits per heavy atom. The lowest BCUT2D eigenvalue weighted by Crippen LogP contribution is -2.34. The molecule has 0 radical (unpaired) electrons. The van der Waals surface area contributed by atoms with Gasteiger partial charge in [-0.2, -0.15) is 13.2 Å². The van der Waals surface area contributed by atoms with Crippen molar-refractivity contribution < 1.29 is 23.0 Å². The molecule has 1 unspecified atom stereocenters. The first-order valence-electron chi connectivity index (χ1n) is 5.64. The standard InChI is InChI=1S/C12H14F3NO2/c13-12(14,15)11(17)6-18-8-2-3-9-7(5-8)1-4-10(9)16/h2-3,5,10-11,17H,1,4,6,16H2/t10-,11?/m1/s1. The normalized spacial score (nSPS) is 20.6. The second kappa shape index (κ2) is 4.78. The van der Waals surface area contributed by atoms with E-state index in [1.54, 1.807) is 18.2 Å². The largest absolute Gasteiger partial charge is 0.491 e. The lowest BCUT2D eigenvalue weighted by Gasteiger charge is -2.15. The van der Waals surface area contributed by atoms with Gasteiger partial charge >= 0.3 is 6.18 Å². The van der Waals surface area contributed by atoms with Gasteiger partial charge in [0.05, 0.1) is 0 Å². The maximum Gasteiger partial charge on any atom is 0.417 e. The molecule has 0 aromatic heterocycles. The number of aliphatic hydroxyl groups excluding tert-OH is 1. The van der Waals surface area contributed by atoms with Crippen molar-refractivity contribution in [2.24, 2.45) is 5.73 Å². The van der Waals surface area contributed by atoms with Crippen LogP contribution >= 0.6 is 0 Å². The first-order valence-corrected chi connectivity index (χ1v) is 5.64. The van der Waals surface area contributed by atoms with E-state index in [2.05, 4.69) is 0 Å². The molecule has 3 N–H and O–H groups in total. The molecule has 1 aliphatic rings. The van der Waals surface area contributed by atoms with Crippen molar-refractivity contribution in [2.75, 3.05) is 6.61 Å². The number of hydrogen-bond donors (Lipinski definition) is 2. The predicted molar refractivity (Wildman–Crippen MR) is 59.2 cm³/mol. The van der Waals surface area contributed by atoms with Gasteiger partial charge in [0, 0.05) is 6.04 Å². The van der Waals surface area contributed by atoms with Gasteiger partial charge in [-0.25, -0.2) is 0 Å². The first-order chi connectivity index (χ1) is 8.38. The van der Waals surface area contributed by atoms with Crippen LogP contribution in [0.5, 0.6) is 5.75 Å².